The Morgan fingerprint density at radius 3 is 2.65 bits per heavy atom. The van der Waals surface area contributed by atoms with Gasteiger partial charge in [0.05, 0.1) is 5.69 Å². The SMILES string of the molecule is Cc1cccc(N2C(=O)SC(CC(=O)NCC(=O)O)C2=O)c1C. The van der Waals surface area contributed by atoms with Gasteiger partial charge in [-0.05, 0) is 42.8 Å². The second-order valence-electron chi connectivity index (χ2n) is 5.14. The van der Waals surface area contributed by atoms with Crippen molar-refractivity contribution in [1.82, 2.24) is 5.32 Å². The monoisotopic (exact) mass is 336 g/mol. The van der Waals surface area contributed by atoms with Gasteiger partial charge < -0.3 is 10.4 Å². The molecule has 1 atom stereocenters. The largest absolute Gasteiger partial charge is 0.480 e. The van der Waals surface area contributed by atoms with E-state index < -0.39 is 34.8 Å². The standard InChI is InChI=1S/C15H16N2O5S/c1-8-4-3-5-10(9(8)2)17-14(21)11(23-15(17)22)6-12(18)16-7-13(19)20/h3-5,11H,6-7H2,1-2H3,(H,16,18)(H,19,20). The topological polar surface area (TPSA) is 104 Å². The summed E-state index contributed by atoms with van der Waals surface area (Å²) in [5.41, 5.74) is 2.29. The molecule has 2 rings (SSSR count). The van der Waals surface area contributed by atoms with Crippen molar-refractivity contribution < 1.29 is 24.3 Å². The maximum absolute atomic E-state index is 12.4. The van der Waals surface area contributed by atoms with Gasteiger partial charge in [-0.1, -0.05) is 12.1 Å². The second kappa shape index (κ2) is 6.82. The number of hydrogen-bond acceptors (Lipinski definition) is 5. The molecule has 0 bridgehead atoms. The lowest BCUT2D eigenvalue weighted by atomic mass is 10.1. The number of amides is 3. The molecule has 1 fully saturated rings. The Kier molecular flexibility index (Phi) is 5.05. The second-order valence-corrected chi connectivity index (χ2v) is 6.29. The van der Waals surface area contributed by atoms with E-state index in [1.54, 1.807) is 12.1 Å². The van der Waals surface area contributed by atoms with E-state index in [1.165, 1.54) is 0 Å². The molecule has 23 heavy (non-hydrogen) atoms. The fourth-order valence-corrected chi connectivity index (χ4v) is 3.18. The van der Waals surface area contributed by atoms with Crippen LogP contribution in [0.2, 0.25) is 0 Å². The number of carboxylic acid groups (broad SMARTS) is 1. The zero-order valence-corrected chi connectivity index (χ0v) is 13.5. The molecule has 0 radical (unpaired) electrons. The fraction of sp³-hybridized carbons (Fsp3) is 0.333. The highest BCUT2D eigenvalue weighted by atomic mass is 32.2. The quantitative estimate of drug-likeness (QED) is 0.844. The van der Waals surface area contributed by atoms with E-state index in [4.69, 9.17) is 5.11 Å². The molecule has 122 valence electrons. The summed E-state index contributed by atoms with van der Waals surface area (Å²) in [5.74, 6) is -2.20. The molecule has 1 aromatic carbocycles. The summed E-state index contributed by atoms with van der Waals surface area (Å²) in [4.78, 5) is 47.7. The van der Waals surface area contributed by atoms with Gasteiger partial charge in [0.1, 0.15) is 11.8 Å². The van der Waals surface area contributed by atoms with Crippen LogP contribution in [-0.4, -0.2) is 39.9 Å². The molecule has 1 aromatic rings. The Morgan fingerprint density at radius 2 is 2.00 bits per heavy atom. The minimum atomic E-state index is -1.17. The molecule has 7 nitrogen and oxygen atoms in total. The summed E-state index contributed by atoms with van der Waals surface area (Å²) in [6, 6.07) is 5.33. The summed E-state index contributed by atoms with van der Waals surface area (Å²) < 4.78 is 0. The number of thioether (sulfide) groups is 1. The minimum Gasteiger partial charge on any atom is -0.480 e. The maximum atomic E-state index is 12.4. The molecule has 2 N–H and O–H groups in total. The molecule has 8 heteroatoms. The molecule has 1 aliphatic rings. The lowest BCUT2D eigenvalue weighted by Gasteiger charge is -2.17. The summed E-state index contributed by atoms with van der Waals surface area (Å²) in [5, 5.41) is 9.43. The van der Waals surface area contributed by atoms with E-state index in [0.717, 1.165) is 27.8 Å². The number of benzene rings is 1. The fourth-order valence-electron chi connectivity index (χ4n) is 2.20. The van der Waals surface area contributed by atoms with E-state index in [9.17, 15) is 19.2 Å². The Morgan fingerprint density at radius 1 is 1.30 bits per heavy atom. The molecule has 0 aliphatic carbocycles. The molecule has 1 aliphatic heterocycles. The maximum Gasteiger partial charge on any atom is 0.322 e. The summed E-state index contributed by atoms with van der Waals surface area (Å²) >= 11 is 0.783. The van der Waals surface area contributed by atoms with Gasteiger partial charge in [0.25, 0.3) is 5.24 Å². The molecule has 0 saturated carbocycles. The van der Waals surface area contributed by atoms with Crippen LogP contribution < -0.4 is 10.2 Å². The third kappa shape index (κ3) is 3.70. The van der Waals surface area contributed by atoms with Gasteiger partial charge in [0, 0.05) is 6.42 Å². The highest BCUT2D eigenvalue weighted by molar-refractivity contribution is 8.15. The third-order valence-electron chi connectivity index (χ3n) is 3.55. The normalized spacial score (nSPS) is 17.5. The third-order valence-corrected chi connectivity index (χ3v) is 4.58. The molecular formula is C15H16N2O5S. The van der Waals surface area contributed by atoms with E-state index in [-0.39, 0.29) is 6.42 Å². The van der Waals surface area contributed by atoms with Gasteiger partial charge in [-0.3, -0.25) is 19.2 Å². The molecule has 0 spiro atoms. The van der Waals surface area contributed by atoms with Gasteiger partial charge in [-0.15, -0.1) is 0 Å². The van der Waals surface area contributed by atoms with Crippen LogP contribution >= 0.6 is 11.8 Å². The average Bonchev–Trinajstić information content (AvgIpc) is 2.75. The van der Waals surface area contributed by atoms with Gasteiger partial charge in [0.2, 0.25) is 11.8 Å². The number of rotatable bonds is 5. The number of nitrogens with zero attached hydrogens (tertiary/aromatic N) is 1. The molecule has 1 unspecified atom stereocenters. The summed E-state index contributed by atoms with van der Waals surface area (Å²) in [6.45, 7) is 3.19. The first-order valence-electron chi connectivity index (χ1n) is 6.90. The highest BCUT2D eigenvalue weighted by Gasteiger charge is 2.42. The van der Waals surface area contributed by atoms with Gasteiger partial charge >= 0.3 is 5.97 Å². The van der Waals surface area contributed by atoms with E-state index in [1.807, 2.05) is 19.9 Å². The van der Waals surface area contributed by atoms with Crippen LogP contribution in [0.15, 0.2) is 18.2 Å². The van der Waals surface area contributed by atoms with Crippen LogP contribution in [-0.2, 0) is 14.4 Å². The summed E-state index contributed by atoms with van der Waals surface area (Å²) in [6.07, 6.45) is -0.232. The lowest BCUT2D eigenvalue weighted by Crippen LogP contribution is -2.36. The van der Waals surface area contributed by atoms with Crippen LogP contribution in [0, 0.1) is 13.8 Å². The number of hydrogen-bond donors (Lipinski definition) is 2. The zero-order chi connectivity index (χ0) is 17.1. The summed E-state index contributed by atoms with van der Waals surface area (Å²) in [7, 11) is 0. The number of nitrogens with one attached hydrogen (secondary N) is 1. The van der Waals surface area contributed by atoms with Crippen LogP contribution in [0.3, 0.4) is 0 Å². The number of aryl methyl sites for hydroxylation is 1. The lowest BCUT2D eigenvalue weighted by molar-refractivity contribution is -0.137. The van der Waals surface area contributed by atoms with Crippen molar-refractivity contribution in [2.24, 2.45) is 0 Å². The van der Waals surface area contributed by atoms with Crippen molar-refractivity contribution in [3.05, 3.63) is 29.3 Å². The van der Waals surface area contributed by atoms with Crippen molar-refractivity contribution in [3.63, 3.8) is 0 Å². The minimum absolute atomic E-state index is 0.232. The molecule has 1 heterocycles. The van der Waals surface area contributed by atoms with Crippen molar-refractivity contribution in [2.75, 3.05) is 11.4 Å². The number of aliphatic carboxylic acids is 1. The van der Waals surface area contributed by atoms with Crippen LogP contribution in [0.25, 0.3) is 0 Å². The van der Waals surface area contributed by atoms with Gasteiger partial charge in [-0.25, -0.2) is 4.90 Å². The van der Waals surface area contributed by atoms with Crippen molar-refractivity contribution in [3.8, 4) is 0 Å². The van der Waals surface area contributed by atoms with Crippen molar-refractivity contribution in [1.29, 1.82) is 0 Å². The van der Waals surface area contributed by atoms with E-state index in [0.29, 0.717) is 5.69 Å². The van der Waals surface area contributed by atoms with Crippen LogP contribution in [0.1, 0.15) is 17.5 Å². The molecule has 1 saturated heterocycles. The number of carbonyl (C=O) groups excluding carboxylic acids is 3. The number of carbonyl (C=O) groups is 4. The number of anilines is 1. The van der Waals surface area contributed by atoms with Gasteiger partial charge in [0.15, 0.2) is 0 Å². The Bertz CT molecular complexity index is 688. The van der Waals surface area contributed by atoms with E-state index in [2.05, 4.69) is 5.32 Å². The first kappa shape index (κ1) is 17.0. The Labute approximate surface area is 137 Å². The smallest absolute Gasteiger partial charge is 0.322 e. The van der Waals surface area contributed by atoms with Crippen molar-refractivity contribution >= 4 is 40.5 Å². The molecule has 0 aromatic heterocycles. The first-order chi connectivity index (χ1) is 10.8. The Hall–Kier alpha value is -2.35. The number of carboxylic acids is 1. The zero-order valence-electron chi connectivity index (χ0n) is 12.7. The van der Waals surface area contributed by atoms with Crippen LogP contribution in [0.4, 0.5) is 10.5 Å². The first-order valence-corrected chi connectivity index (χ1v) is 7.78. The number of imide groups is 1. The average molecular weight is 336 g/mol. The van der Waals surface area contributed by atoms with E-state index >= 15 is 0 Å². The predicted molar refractivity (Wildman–Crippen MR) is 85.4 cm³/mol. The van der Waals surface area contributed by atoms with Gasteiger partial charge in [-0.2, -0.15) is 0 Å². The Balaban J connectivity index is 2.12. The predicted octanol–water partition coefficient (Wildman–Crippen LogP) is 1.46. The van der Waals surface area contributed by atoms with Crippen molar-refractivity contribution in [2.45, 2.75) is 25.5 Å². The highest BCUT2D eigenvalue weighted by Crippen LogP contribution is 2.35. The molecule has 3 amide bonds. The molecular weight excluding hydrogens is 320 g/mol. The van der Waals surface area contributed by atoms with Crippen LogP contribution in [0.5, 0.6) is 0 Å².